The molecular formula is C9H14N4O3. The fourth-order valence-electron chi connectivity index (χ4n) is 1.13. The lowest BCUT2D eigenvalue weighted by molar-refractivity contribution is -0.141. The van der Waals surface area contributed by atoms with Gasteiger partial charge in [0.25, 0.3) is 5.91 Å². The molecule has 0 saturated carbocycles. The summed E-state index contributed by atoms with van der Waals surface area (Å²) in [4.78, 5) is 22.5. The molecule has 1 rings (SSSR count). The van der Waals surface area contributed by atoms with Gasteiger partial charge in [0.1, 0.15) is 6.54 Å². The highest BCUT2D eigenvalue weighted by atomic mass is 16.5. The quantitative estimate of drug-likeness (QED) is 0.661. The highest BCUT2D eigenvalue weighted by Gasteiger charge is 2.14. The van der Waals surface area contributed by atoms with Gasteiger partial charge in [-0.25, -0.2) is 0 Å². The molecule has 0 atom stereocenters. The van der Waals surface area contributed by atoms with Crippen molar-refractivity contribution in [2.75, 3.05) is 18.9 Å². The van der Waals surface area contributed by atoms with E-state index in [9.17, 15) is 9.59 Å². The molecule has 7 heteroatoms. The van der Waals surface area contributed by atoms with Gasteiger partial charge in [-0.15, -0.1) is 0 Å². The molecule has 16 heavy (non-hydrogen) atoms. The van der Waals surface area contributed by atoms with E-state index >= 15 is 0 Å². The molecule has 1 amide bonds. The Hall–Kier alpha value is -2.05. The standard InChI is InChI=1S/C9H14N4O3/c1-3-16-7(14)4-11-9(15)8-6(10)5-13(2)12-8/h5H,3-4,10H2,1-2H3,(H,11,15). The van der Waals surface area contributed by atoms with Crippen molar-refractivity contribution in [3.63, 3.8) is 0 Å². The van der Waals surface area contributed by atoms with Crippen molar-refractivity contribution in [3.05, 3.63) is 11.9 Å². The first-order valence-corrected chi connectivity index (χ1v) is 4.77. The number of aromatic nitrogens is 2. The minimum Gasteiger partial charge on any atom is -0.465 e. The van der Waals surface area contributed by atoms with Crippen LogP contribution in [0.4, 0.5) is 5.69 Å². The third-order valence-corrected chi connectivity index (χ3v) is 1.77. The number of hydrogen-bond donors (Lipinski definition) is 2. The molecule has 88 valence electrons. The van der Waals surface area contributed by atoms with Gasteiger partial charge in [-0.05, 0) is 6.92 Å². The molecule has 1 aromatic rings. The predicted octanol–water partition coefficient (Wildman–Crippen LogP) is -0.705. The van der Waals surface area contributed by atoms with E-state index in [1.807, 2.05) is 0 Å². The van der Waals surface area contributed by atoms with E-state index in [0.717, 1.165) is 0 Å². The lowest BCUT2D eigenvalue weighted by Crippen LogP contribution is -2.31. The number of ether oxygens (including phenoxy) is 1. The van der Waals surface area contributed by atoms with Gasteiger partial charge in [0, 0.05) is 13.2 Å². The molecule has 0 aliphatic rings. The molecule has 1 aromatic heterocycles. The monoisotopic (exact) mass is 226 g/mol. The van der Waals surface area contributed by atoms with Crippen LogP contribution in [0, 0.1) is 0 Å². The number of amides is 1. The summed E-state index contributed by atoms with van der Waals surface area (Å²) in [5.41, 5.74) is 5.92. The van der Waals surface area contributed by atoms with E-state index in [1.54, 1.807) is 14.0 Å². The first-order chi connectivity index (χ1) is 7.54. The SMILES string of the molecule is CCOC(=O)CNC(=O)c1nn(C)cc1N. The third kappa shape index (κ3) is 2.97. The number of carbonyl (C=O) groups is 2. The Labute approximate surface area is 92.6 Å². The highest BCUT2D eigenvalue weighted by Crippen LogP contribution is 2.06. The number of nitrogens with one attached hydrogen (secondary N) is 1. The maximum Gasteiger partial charge on any atom is 0.325 e. The van der Waals surface area contributed by atoms with Crippen molar-refractivity contribution in [1.82, 2.24) is 15.1 Å². The fraction of sp³-hybridized carbons (Fsp3) is 0.444. The van der Waals surface area contributed by atoms with Crippen LogP contribution in [0.25, 0.3) is 0 Å². The van der Waals surface area contributed by atoms with Gasteiger partial charge in [-0.2, -0.15) is 5.10 Å². The molecule has 0 aliphatic carbocycles. The van der Waals surface area contributed by atoms with Crippen molar-refractivity contribution >= 4 is 17.6 Å². The Morgan fingerprint density at radius 1 is 1.62 bits per heavy atom. The molecule has 0 aliphatic heterocycles. The number of anilines is 1. The number of hydrogen-bond acceptors (Lipinski definition) is 5. The number of nitrogens with zero attached hydrogens (tertiary/aromatic N) is 2. The van der Waals surface area contributed by atoms with E-state index in [1.165, 1.54) is 10.9 Å². The summed E-state index contributed by atoms with van der Waals surface area (Å²) in [6.07, 6.45) is 1.51. The molecule has 0 radical (unpaired) electrons. The van der Waals surface area contributed by atoms with Gasteiger partial charge in [0.2, 0.25) is 0 Å². The second-order valence-electron chi connectivity index (χ2n) is 3.09. The zero-order valence-electron chi connectivity index (χ0n) is 9.19. The number of nitrogens with two attached hydrogens (primary N) is 1. The molecule has 0 unspecified atom stereocenters. The molecule has 1 heterocycles. The average Bonchev–Trinajstić information content (AvgIpc) is 2.55. The summed E-state index contributed by atoms with van der Waals surface area (Å²) in [7, 11) is 1.65. The summed E-state index contributed by atoms with van der Waals surface area (Å²) in [5.74, 6) is -0.989. The summed E-state index contributed by atoms with van der Waals surface area (Å²) < 4.78 is 6.08. The minimum absolute atomic E-state index is 0.104. The van der Waals surface area contributed by atoms with Gasteiger partial charge >= 0.3 is 5.97 Å². The number of esters is 1. The van der Waals surface area contributed by atoms with Gasteiger partial charge in [-0.3, -0.25) is 14.3 Å². The maximum atomic E-state index is 11.5. The second kappa shape index (κ2) is 5.15. The Balaban J connectivity index is 2.53. The van der Waals surface area contributed by atoms with E-state index in [4.69, 9.17) is 5.73 Å². The van der Waals surface area contributed by atoms with Gasteiger partial charge in [-0.1, -0.05) is 0 Å². The van der Waals surface area contributed by atoms with Crippen molar-refractivity contribution in [1.29, 1.82) is 0 Å². The van der Waals surface area contributed by atoms with Crippen molar-refractivity contribution in [3.8, 4) is 0 Å². The van der Waals surface area contributed by atoms with Gasteiger partial charge in [0.05, 0.1) is 12.3 Å². The third-order valence-electron chi connectivity index (χ3n) is 1.77. The van der Waals surface area contributed by atoms with Crippen LogP contribution in [0.5, 0.6) is 0 Å². The predicted molar refractivity (Wildman–Crippen MR) is 56.6 cm³/mol. The van der Waals surface area contributed by atoms with Crippen molar-refractivity contribution in [2.45, 2.75) is 6.92 Å². The van der Waals surface area contributed by atoms with Crippen LogP contribution in [0.2, 0.25) is 0 Å². The Bertz CT molecular complexity index is 399. The molecule has 0 aromatic carbocycles. The zero-order chi connectivity index (χ0) is 12.1. The topological polar surface area (TPSA) is 99.2 Å². The van der Waals surface area contributed by atoms with Crippen LogP contribution in [-0.2, 0) is 16.6 Å². The van der Waals surface area contributed by atoms with Crippen LogP contribution in [0.1, 0.15) is 17.4 Å². The summed E-state index contributed by atoms with van der Waals surface area (Å²) in [6, 6.07) is 0. The van der Waals surface area contributed by atoms with E-state index in [2.05, 4.69) is 15.2 Å². The van der Waals surface area contributed by atoms with E-state index in [-0.39, 0.29) is 24.5 Å². The molecule has 0 bridgehead atoms. The molecule has 0 spiro atoms. The van der Waals surface area contributed by atoms with Crippen LogP contribution < -0.4 is 11.1 Å². The fourth-order valence-corrected chi connectivity index (χ4v) is 1.13. The molecule has 0 saturated heterocycles. The van der Waals surface area contributed by atoms with Crippen LogP contribution >= 0.6 is 0 Å². The number of carbonyl (C=O) groups excluding carboxylic acids is 2. The van der Waals surface area contributed by atoms with Gasteiger partial charge < -0.3 is 15.8 Å². The largest absolute Gasteiger partial charge is 0.465 e. The minimum atomic E-state index is -0.495. The van der Waals surface area contributed by atoms with Crippen LogP contribution in [0.3, 0.4) is 0 Å². The first kappa shape index (κ1) is 12.0. The highest BCUT2D eigenvalue weighted by molar-refractivity contribution is 5.98. The Kier molecular flexibility index (Phi) is 3.87. The second-order valence-corrected chi connectivity index (χ2v) is 3.09. The molecule has 0 fully saturated rings. The average molecular weight is 226 g/mol. The van der Waals surface area contributed by atoms with Crippen molar-refractivity contribution in [2.24, 2.45) is 7.05 Å². The van der Waals surface area contributed by atoms with E-state index < -0.39 is 11.9 Å². The lowest BCUT2D eigenvalue weighted by Gasteiger charge is -2.03. The number of aryl methyl sites for hydroxylation is 1. The number of nitrogen functional groups attached to an aromatic ring is 1. The van der Waals surface area contributed by atoms with Gasteiger partial charge in [0.15, 0.2) is 5.69 Å². The molecule has 3 N–H and O–H groups in total. The first-order valence-electron chi connectivity index (χ1n) is 4.77. The number of rotatable bonds is 4. The Morgan fingerprint density at radius 3 is 2.81 bits per heavy atom. The molecule has 7 nitrogen and oxygen atoms in total. The molecular weight excluding hydrogens is 212 g/mol. The summed E-state index contributed by atoms with van der Waals surface area (Å²) in [5, 5.41) is 6.23. The summed E-state index contributed by atoms with van der Waals surface area (Å²) >= 11 is 0. The Morgan fingerprint density at radius 2 is 2.31 bits per heavy atom. The maximum absolute atomic E-state index is 11.5. The van der Waals surface area contributed by atoms with Crippen LogP contribution in [0.15, 0.2) is 6.20 Å². The summed E-state index contributed by atoms with van der Waals surface area (Å²) in [6.45, 7) is 1.78. The normalized spacial score (nSPS) is 9.88. The van der Waals surface area contributed by atoms with Crippen molar-refractivity contribution < 1.29 is 14.3 Å². The zero-order valence-corrected chi connectivity index (χ0v) is 9.19. The van der Waals surface area contributed by atoms with Crippen LogP contribution in [-0.4, -0.2) is 34.8 Å². The smallest absolute Gasteiger partial charge is 0.325 e. The lowest BCUT2D eigenvalue weighted by atomic mass is 10.3. The van der Waals surface area contributed by atoms with E-state index in [0.29, 0.717) is 0 Å².